The van der Waals surface area contributed by atoms with Crippen LogP contribution < -0.4 is 0 Å². The molecule has 27 heavy (non-hydrogen) atoms. The lowest BCUT2D eigenvalue weighted by molar-refractivity contribution is 1.09. The molecule has 0 radical (unpaired) electrons. The van der Waals surface area contributed by atoms with Gasteiger partial charge in [-0.15, -0.1) is 0 Å². The van der Waals surface area contributed by atoms with Crippen molar-refractivity contribution < 1.29 is 0 Å². The van der Waals surface area contributed by atoms with Gasteiger partial charge in [0.15, 0.2) is 0 Å². The zero-order valence-electron chi connectivity index (χ0n) is 18.6. The molecule has 3 aromatic carbocycles. The van der Waals surface area contributed by atoms with E-state index in [0.29, 0.717) is 0 Å². The smallest absolute Gasteiger partial charge is 0.0398 e. The summed E-state index contributed by atoms with van der Waals surface area (Å²) in [5, 5.41) is 0. The second kappa shape index (κ2) is 21.7. The van der Waals surface area contributed by atoms with E-state index in [1.165, 1.54) is 29.5 Å². The molecule has 0 saturated heterocycles. The second-order valence-corrected chi connectivity index (χ2v) is 6.38. The van der Waals surface area contributed by atoms with Gasteiger partial charge in [-0.05, 0) is 20.8 Å². The van der Waals surface area contributed by atoms with E-state index in [-0.39, 0.29) is 0 Å². The largest absolute Gasteiger partial charge is 0.0656 e. The third-order valence-corrected chi connectivity index (χ3v) is 2.82. The fourth-order valence-electron chi connectivity index (χ4n) is 1.60. The highest BCUT2D eigenvalue weighted by atomic mass is 13.8. The summed E-state index contributed by atoms with van der Waals surface area (Å²) in [4.78, 5) is 0. The molecule has 0 heterocycles. The highest BCUT2D eigenvalue weighted by molar-refractivity contribution is 5.12. The Labute approximate surface area is 169 Å². The van der Waals surface area contributed by atoms with Crippen LogP contribution in [0.5, 0.6) is 0 Å². The number of rotatable bonds is 0. The first-order chi connectivity index (χ1) is 13.0. The van der Waals surface area contributed by atoms with Gasteiger partial charge in [-0.1, -0.05) is 148 Å². The highest BCUT2D eigenvalue weighted by Gasteiger charge is 1.73. The van der Waals surface area contributed by atoms with Crippen LogP contribution in [0.1, 0.15) is 57.2 Å². The summed E-state index contributed by atoms with van der Waals surface area (Å²) in [6.45, 7) is 14.8. The minimum atomic E-state index is 1.25. The van der Waals surface area contributed by atoms with Crippen LogP contribution in [-0.2, 0) is 0 Å². The van der Waals surface area contributed by atoms with Crippen molar-refractivity contribution in [3.8, 4) is 0 Å². The predicted molar refractivity (Wildman–Crippen MR) is 125 cm³/mol. The Kier molecular flexibility index (Phi) is 21.6. The van der Waals surface area contributed by atoms with Crippen molar-refractivity contribution in [2.24, 2.45) is 0 Å². The van der Waals surface area contributed by atoms with Gasteiger partial charge < -0.3 is 0 Å². The zero-order chi connectivity index (χ0) is 20.8. The van der Waals surface area contributed by atoms with Crippen LogP contribution in [0.2, 0.25) is 0 Å². The lowest BCUT2D eigenvalue weighted by atomic mass is 10.2. The fourth-order valence-corrected chi connectivity index (χ4v) is 1.60. The zero-order valence-corrected chi connectivity index (χ0v) is 18.6. The maximum absolute atomic E-state index is 2.12. The maximum Gasteiger partial charge on any atom is -0.0398 e. The molecular formula is C27H40. The Morgan fingerprint density at radius 2 is 0.519 bits per heavy atom. The molecule has 3 rings (SSSR count). The second-order valence-electron chi connectivity index (χ2n) is 6.38. The summed E-state index contributed by atoms with van der Waals surface area (Å²) < 4.78 is 0. The molecule has 0 aliphatic carbocycles. The minimum Gasteiger partial charge on any atom is -0.0656 e. The first-order valence-corrected chi connectivity index (χ1v) is 10.1. The summed E-state index contributed by atoms with van der Waals surface area (Å²) in [6.07, 6.45) is 2.50. The van der Waals surface area contributed by atoms with Gasteiger partial charge in [0.1, 0.15) is 0 Å². The first kappa shape index (κ1) is 26.9. The summed E-state index contributed by atoms with van der Waals surface area (Å²) in [6, 6.07) is 30.8. The Bertz CT molecular complexity index is 506. The van der Waals surface area contributed by atoms with Gasteiger partial charge in [-0.2, -0.15) is 0 Å². The Hall–Kier alpha value is -2.34. The molecular weight excluding hydrogens is 324 g/mol. The average molecular weight is 365 g/mol. The van der Waals surface area contributed by atoms with Crippen molar-refractivity contribution in [2.75, 3.05) is 0 Å². The van der Waals surface area contributed by atoms with Gasteiger partial charge in [0.25, 0.3) is 0 Å². The van der Waals surface area contributed by atoms with E-state index in [1.807, 2.05) is 54.6 Å². The van der Waals surface area contributed by atoms with Crippen LogP contribution >= 0.6 is 0 Å². The molecule has 0 amide bonds. The summed E-state index contributed by atoms with van der Waals surface area (Å²) >= 11 is 0. The van der Waals surface area contributed by atoms with Gasteiger partial charge >= 0.3 is 0 Å². The van der Waals surface area contributed by atoms with Crippen molar-refractivity contribution >= 4 is 0 Å². The Morgan fingerprint density at radius 1 is 0.370 bits per heavy atom. The Morgan fingerprint density at radius 3 is 0.593 bits per heavy atom. The number of hydrogen-bond donors (Lipinski definition) is 0. The van der Waals surface area contributed by atoms with Crippen molar-refractivity contribution in [1.29, 1.82) is 0 Å². The van der Waals surface area contributed by atoms with Crippen LogP contribution in [0, 0.1) is 20.8 Å². The molecule has 0 saturated carbocycles. The number of hydrogen-bond acceptors (Lipinski definition) is 0. The van der Waals surface area contributed by atoms with E-state index in [1.54, 1.807) is 0 Å². The third kappa shape index (κ3) is 23.7. The standard InChI is InChI=1S/3C7H8.2C3H8/c3*1-7-5-3-2-4-6-7;2*1-3-2/h3*2-6H,1H3;2*3H2,1-2H3. The molecule has 0 heteroatoms. The van der Waals surface area contributed by atoms with Crippen LogP contribution in [0.4, 0.5) is 0 Å². The highest BCUT2D eigenvalue weighted by Crippen LogP contribution is 1.93. The van der Waals surface area contributed by atoms with E-state index in [9.17, 15) is 0 Å². The summed E-state index contributed by atoms with van der Waals surface area (Å²) in [7, 11) is 0. The van der Waals surface area contributed by atoms with Crippen molar-refractivity contribution in [3.05, 3.63) is 108 Å². The number of benzene rings is 3. The Balaban J connectivity index is 0. The molecule has 0 fully saturated rings. The van der Waals surface area contributed by atoms with Gasteiger partial charge in [0.05, 0.1) is 0 Å². The summed E-state index contributed by atoms with van der Waals surface area (Å²) in [5.74, 6) is 0. The van der Waals surface area contributed by atoms with Crippen LogP contribution in [0.15, 0.2) is 91.0 Å². The van der Waals surface area contributed by atoms with Gasteiger partial charge in [-0.25, -0.2) is 0 Å². The predicted octanol–water partition coefficient (Wildman–Crippen LogP) is 8.82. The van der Waals surface area contributed by atoms with Crippen LogP contribution in [0.3, 0.4) is 0 Å². The molecule has 0 unspecified atom stereocenters. The first-order valence-electron chi connectivity index (χ1n) is 10.1. The molecule has 0 aromatic heterocycles. The minimum absolute atomic E-state index is 1.25. The molecule has 0 N–H and O–H groups in total. The molecule has 148 valence electrons. The molecule has 0 spiro atoms. The summed E-state index contributed by atoms with van der Waals surface area (Å²) in [5.41, 5.74) is 3.97. The van der Waals surface area contributed by atoms with Gasteiger partial charge in [0, 0.05) is 0 Å². The molecule has 0 aliphatic heterocycles. The van der Waals surface area contributed by atoms with E-state index in [4.69, 9.17) is 0 Å². The van der Waals surface area contributed by atoms with E-state index >= 15 is 0 Å². The van der Waals surface area contributed by atoms with Crippen LogP contribution in [0.25, 0.3) is 0 Å². The molecule has 0 nitrogen and oxygen atoms in total. The average Bonchev–Trinajstić information content (AvgIpc) is 2.66. The topological polar surface area (TPSA) is 0 Å². The third-order valence-electron chi connectivity index (χ3n) is 2.82. The van der Waals surface area contributed by atoms with Crippen molar-refractivity contribution in [3.63, 3.8) is 0 Å². The van der Waals surface area contributed by atoms with Crippen molar-refractivity contribution in [1.82, 2.24) is 0 Å². The van der Waals surface area contributed by atoms with E-state index in [0.717, 1.165) is 0 Å². The molecule has 0 bridgehead atoms. The maximum atomic E-state index is 2.12. The molecule has 3 aromatic rings. The quantitative estimate of drug-likeness (QED) is 0.374. The molecule has 0 aliphatic rings. The number of aryl methyl sites for hydroxylation is 3. The molecule has 0 atom stereocenters. The van der Waals surface area contributed by atoms with Gasteiger partial charge in [0.2, 0.25) is 0 Å². The van der Waals surface area contributed by atoms with E-state index < -0.39 is 0 Å². The lowest BCUT2D eigenvalue weighted by Crippen LogP contribution is -1.62. The van der Waals surface area contributed by atoms with Gasteiger partial charge in [-0.3, -0.25) is 0 Å². The van der Waals surface area contributed by atoms with Crippen LogP contribution in [-0.4, -0.2) is 0 Å². The fraction of sp³-hybridized carbons (Fsp3) is 0.333. The lowest BCUT2D eigenvalue weighted by Gasteiger charge is -1.82. The normalized spacial score (nSPS) is 8.11. The SMILES string of the molecule is CCC.CCC.Cc1ccccc1.Cc1ccccc1.Cc1ccccc1. The monoisotopic (exact) mass is 364 g/mol. The van der Waals surface area contributed by atoms with E-state index in [2.05, 4.69) is 84.9 Å². The van der Waals surface area contributed by atoms with Crippen molar-refractivity contribution in [2.45, 2.75) is 61.3 Å².